The van der Waals surface area contributed by atoms with Crippen molar-refractivity contribution < 1.29 is 9.21 Å². The van der Waals surface area contributed by atoms with Crippen molar-refractivity contribution in [2.75, 3.05) is 13.1 Å². The van der Waals surface area contributed by atoms with Crippen LogP contribution in [0.2, 0.25) is 0 Å². The Labute approximate surface area is 128 Å². The highest BCUT2D eigenvalue weighted by Gasteiger charge is 2.50. The number of rotatable bonds is 2. The Morgan fingerprint density at radius 3 is 2.91 bits per heavy atom. The third-order valence-electron chi connectivity index (χ3n) is 4.95. The van der Waals surface area contributed by atoms with Crippen molar-refractivity contribution in [3.05, 3.63) is 36.4 Å². The van der Waals surface area contributed by atoms with Crippen LogP contribution >= 0.6 is 0 Å². The quantitative estimate of drug-likeness (QED) is 0.912. The Morgan fingerprint density at radius 2 is 2.27 bits per heavy atom. The highest BCUT2D eigenvalue weighted by atomic mass is 16.3. The SMILES string of the molecule is NC1CN(C(=O)c2coc(-c3ccccn3)n2)CC12CCC2. The van der Waals surface area contributed by atoms with E-state index >= 15 is 0 Å². The molecule has 22 heavy (non-hydrogen) atoms. The first-order valence-corrected chi connectivity index (χ1v) is 7.60. The average Bonchev–Trinajstić information content (AvgIpc) is 3.11. The van der Waals surface area contributed by atoms with Gasteiger partial charge in [0.05, 0.1) is 0 Å². The summed E-state index contributed by atoms with van der Waals surface area (Å²) in [6.07, 6.45) is 6.53. The van der Waals surface area contributed by atoms with Gasteiger partial charge in [-0.1, -0.05) is 12.5 Å². The van der Waals surface area contributed by atoms with Crippen LogP contribution in [0.1, 0.15) is 29.8 Å². The largest absolute Gasteiger partial charge is 0.442 e. The van der Waals surface area contributed by atoms with Gasteiger partial charge in [-0.15, -0.1) is 0 Å². The summed E-state index contributed by atoms with van der Waals surface area (Å²) in [5.41, 5.74) is 7.32. The molecule has 4 rings (SSSR count). The minimum Gasteiger partial charge on any atom is -0.442 e. The zero-order chi connectivity index (χ0) is 15.2. The van der Waals surface area contributed by atoms with E-state index in [1.54, 1.807) is 12.3 Å². The highest BCUT2D eigenvalue weighted by Crippen LogP contribution is 2.47. The van der Waals surface area contributed by atoms with Crippen molar-refractivity contribution in [1.82, 2.24) is 14.9 Å². The lowest BCUT2D eigenvalue weighted by molar-refractivity contribution is 0.0721. The molecule has 1 atom stereocenters. The molecule has 1 amide bonds. The third-order valence-corrected chi connectivity index (χ3v) is 4.95. The topological polar surface area (TPSA) is 85.2 Å². The van der Waals surface area contributed by atoms with Crippen LogP contribution in [-0.2, 0) is 0 Å². The Morgan fingerprint density at radius 1 is 1.41 bits per heavy atom. The zero-order valence-electron chi connectivity index (χ0n) is 12.2. The summed E-state index contributed by atoms with van der Waals surface area (Å²) < 4.78 is 5.40. The first-order chi connectivity index (χ1) is 10.7. The van der Waals surface area contributed by atoms with Crippen molar-refractivity contribution in [2.24, 2.45) is 11.1 Å². The lowest BCUT2D eigenvalue weighted by Gasteiger charge is -2.41. The number of aromatic nitrogens is 2. The van der Waals surface area contributed by atoms with Crippen LogP contribution in [-0.4, -0.2) is 39.9 Å². The number of carbonyl (C=O) groups is 1. The molecule has 6 nitrogen and oxygen atoms in total. The summed E-state index contributed by atoms with van der Waals surface area (Å²) >= 11 is 0. The van der Waals surface area contributed by atoms with Crippen molar-refractivity contribution in [1.29, 1.82) is 0 Å². The lowest BCUT2D eigenvalue weighted by atomic mass is 9.66. The minimum atomic E-state index is -0.106. The van der Waals surface area contributed by atoms with E-state index in [-0.39, 0.29) is 17.4 Å². The fraction of sp³-hybridized carbons (Fsp3) is 0.438. The van der Waals surface area contributed by atoms with Gasteiger partial charge in [-0.05, 0) is 25.0 Å². The number of likely N-dealkylation sites (tertiary alicyclic amines) is 1. The molecule has 2 aliphatic rings. The van der Waals surface area contributed by atoms with Crippen LogP contribution in [0.25, 0.3) is 11.6 Å². The molecule has 0 aromatic carbocycles. The van der Waals surface area contributed by atoms with E-state index in [4.69, 9.17) is 10.2 Å². The van der Waals surface area contributed by atoms with Crippen LogP contribution in [0.5, 0.6) is 0 Å². The predicted octanol–water partition coefficient (Wildman–Crippen LogP) is 1.69. The van der Waals surface area contributed by atoms with Gasteiger partial charge >= 0.3 is 0 Å². The second-order valence-electron chi connectivity index (χ2n) is 6.26. The van der Waals surface area contributed by atoms with Crippen LogP contribution in [0.3, 0.4) is 0 Å². The van der Waals surface area contributed by atoms with E-state index in [0.29, 0.717) is 23.8 Å². The zero-order valence-corrected chi connectivity index (χ0v) is 12.2. The fourth-order valence-corrected chi connectivity index (χ4v) is 3.45. The van der Waals surface area contributed by atoms with Crippen molar-refractivity contribution in [3.63, 3.8) is 0 Å². The van der Waals surface area contributed by atoms with Crippen molar-refractivity contribution >= 4 is 5.91 Å². The molecule has 0 radical (unpaired) electrons. The fourth-order valence-electron chi connectivity index (χ4n) is 3.45. The van der Waals surface area contributed by atoms with Crippen molar-refractivity contribution in [3.8, 4) is 11.6 Å². The summed E-state index contributed by atoms with van der Waals surface area (Å²) in [6, 6.07) is 5.55. The molecule has 114 valence electrons. The molecule has 0 bridgehead atoms. The Hall–Kier alpha value is -2.21. The Kier molecular flexibility index (Phi) is 3.00. The van der Waals surface area contributed by atoms with E-state index in [1.165, 1.54) is 12.7 Å². The number of nitrogens with zero attached hydrogens (tertiary/aromatic N) is 3. The van der Waals surface area contributed by atoms with Crippen LogP contribution in [0, 0.1) is 5.41 Å². The standard InChI is InChI=1S/C16H18N4O2/c17-13-8-20(10-16(13)5-3-6-16)15(21)12-9-22-14(19-12)11-4-1-2-7-18-11/h1-2,4,7,9,13H,3,5-6,8,10,17H2. The van der Waals surface area contributed by atoms with Gasteiger partial charge in [-0.2, -0.15) is 0 Å². The molecule has 2 N–H and O–H groups in total. The summed E-state index contributed by atoms with van der Waals surface area (Å²) in [5, 5.41) is 0. The smallest absolute Gasteiger partial charge is 0.275 e. The van der Waals surface area contributed by atoms with E-state index < -0.39 is 0 Å². The van der Waals surface area contributed by atoms with Gasteiger partial charge in [-0.3, -0.25) is 9.78 Å². The predicted molar refractivity (Wildman–Crippen MR) is 79.9 cm³/mol. The third kappa shape index (κ3) is 2.02. The summed E-state index contributed by atoms with van der Waals surface area (Å²) in [6.45, 7) is 1.34. The maximum atomic E-state index is 12.6. The summed E-state index contributed by atoms with van der Waals surface area (Å²) in [4.78, 5) is 22.9. The van der Waals surface area contributed by atoms with Gasteiger partial charge in [0.1, 0.15) is 12.0 Å². The highest BCUT2D eigenvalue weighted by molar-refractivity contribution is 5.92. The molecule has 1 saturated heterocycles. The molecule has 3 heterocycles. The molecule has 1 spiro atoms. The van der Waals surface area contributed by atoms with E-state index in [9.17, 15) is 4.79 Å². The van der Waals surface area contributed by atoms with Crippen molar-refractivity contribution in [2.45, 2.75) is 25.3 Å². The normalized spacial score (nSPS) is 22.8. The number of oxazole rings is 1. The number of nitrogens with two attached hydrogens (primary N) is 1. The molecule has 1 saturated carbocycles. The number of hydrogen-bond acceptors (Lipinski definition) is 5. The summed E-state index contributed by atoms with van der Waals surface area (Å²) in [7, 11) is 0. The monoisotopic (exact) mass is 298 g/mol. The van der Waals surface area contributed by atoms with Gasteiger partial charge in [0, 0.05) is 30.7 Å². The first kappa shape index (κ1) is 13.5. The number of carbonyl (C=O) groups excluding carboxylic acids is 1. The van der Waals surface area contributed by atoms with Crippen LogP contribution < -0.4 is 5.73 Å². The lowest BCUT2D eigenvalue weighted by Crippen LogP contribution is -2.45. The van der Waals surface area contributed by atoms with Gasteiger partial charge < -0.3 is 15.1 Å². The van der Waals surface area contributed by atoms with Gasteiger partial charge in [0.2, 0.25) is 5.89 Å². The molecular formula is C16H18N4O2. The second-order valence-corrected chi connectivity index (χ2v) is 6.26. The summed E-state index contributed by atoms with van der Waals surface area (Å²) in [5.74, 6) is 0.260. The van der Waals surface area contributed by atoms with Gasteiger partial charge in [-0.25, -0.2) is 4.98 Å². The van der Waals surface area contributed by atoms with Gasteiger partial charge in [0.25, 0.3) is 5.91 Å². The maximum Gasteiger partial charge on any atom is 0.275 e. The molecule has 2 fully saturated rings. The Bertz CT molecular complexity index is 693. The average molecular weight is 298 g/mol. The minimum absolute atomic E-state index is 0.0763. The molecule has 1 aliphatic carbocycles. The van der Waals surface area contributed by atoms with Crippen LogP contribution in [0.4, 0.5) is 0 Å². The second kappa shape index (κ2) is 4.91. The van der Waals surface area contributed by atoms with Crippen LogP contribution in [0.15, 0.2) is 35.1 Å². The molecule has 2 aromatic heterocycles. The molecule has 1 aliphatic heterocycles. The molecule has 6 heteroatoms. The van der Waals surface area contributed by atoms with E-state index in [1.807, 2.05) is 17.0 Å². The van der Waals surface area contributed by atoms with Gasteiger partial charge in [0.15, 0.2) is 5.69 Å². The molecular weight excluding hydrogens is 280 g/mol. The maximum absolute atomic E-state index is 12.6. The first-order valence-electron chi connectivity index (χ1n) is 7.60. The van der Waals surface area contributed by atoms with E-state index in [2.05, 4.69) is 9.97 Å². The van der Waals surface area contributed by atoms with E-state index in [0.717, 1.165) is 19.4 Å². The number of pyridine rings is 1. The number of amides is 1. The molecule has 2 aromatic rings. The number of hydrogen-bond donors (Lipinski definition) is 1. The molecule has 1 unspecified atom stereocenters. The Balaban J connectivity index is 1.53.